The molecule has 0 aromatic carbocycles. The van der Waals surface area contributed by atoms with Crippen LogP contribution < -0.4 is 0 Å². The normalized spacial score (nSPS) is 16.2. The lowest BCUT2D eigenvalue weighted by Crippen LogP contribution is -2.22. The van der Waals surface area contributed by atoms with Gasteiger partial charge in [-0.3, -0.25) is 9.36 Å². The van der Waals surface area contributed by atoms with Gasteiger partial charge in [0.15, 0.2) is 0 Å². The third-order valence-corrected chi connectivity index (χ3v) is 4.88. The molecule has 0 radical (unpaired) electrons. The summed E-state index contributed by atoms with van der Waals surface area (Å²) in [7, 11) is -3.62. The van der Waals surface area contributed by atoms with E-state index in [1.807, 2.05) is 20.8 Å². The Kier molecular flexibility index (Phi) is 6.90. The smallest absolute Gasteiger partial charge is 0.333 e. The molecular formula is C13H27O5P. The van der Waals surface area contributed by atoms with Gasteiger partial charge in [-0.25, -0.2) is 0 Å². The maximum absolute atomic E-state index is 11.7. The standard InChI is InChI=1S/C13H27O5P/c1-12(2,3)11(14)7-8-17-9-10-18-19(15,16)13(4,5)6/h7-10H2,1-6H3,(H,15,16). The predicted molar refractivity (Wildman–Crippen MR) is 75.4 cm³/mol. The lowest BCUT2D eigenvalue weighted by atomic mass is 9.89. The Bertz CT molecular complexity index is 338. The number of rotatable bonds is 7. The van der Waals surface area contributed by atoms with E-state index in [1.165, 1.54) is 0 Å². The molecule has 19 heavy (non-hydrogen) atoms. The molecule has 0 saturated heterocycles. The van der Waals surface area contributed by atoms with Crippen molar-refractivity contribution in [3.63, 3.8) is 0 Å². The van der Waals surface area contributed by atoms with Crippen molar-refractivity contribution in [3.05, 3.63) is 0 Å². The van der Waals surface area contributed by atoms with Gasteiger partial charge in [-0.2, -0.15) is 0 Å². The first-order valence-electron chi connectivity index (χ1n) is 6.46. The Morgan fingerprint density at radius 1 is 1.05 bits per heavy atom. The zero-order chi connectivity index (χ0) is 15.3. The van der Waals surface area contributed by atoms with Crippen molar-refractivity contribution in [2.45, 2.75) is 53.1 Å². The summed E-state index contributed by atoms with van der Waals surface area (Å²) < 4.78 is 21.9. The molecule has 0 heterocycles. The molecule has 0 aliphatic carbocycles. The van der Waals surface area contributed by atoms with E-state index in [9.17, 15) is 14.3 Å². The fourth-order valence-corrected chi connectivity index (χ4v) is 1.76. The van der Waals surface area contributed by atoms with Crippen molar-refractivity contribution < 1.29 is 23.5 Å². The van der Waals surface area contributed by atoms with E-state index in [2.05, 4.69) is 0 Å². The molecule has 6 heteroatoms. The molecule has 0 aliphatic heterocycles. The number of Topliss-reactive ketones (excluding diaryl/α,β-unsaturated/α-hetero) is 1. The molecule has 1 N–H and O–H groups in total. The van der Waals surface area contributed by atoms with Gasteiger partial charge in [0, 0.05) is 11.8 Å². The van der Waals surface area contributed by atoms with Gasteiger partial charge in [-0.05, 0) is 20.8 Å². The van der Waals surface area contributed by atoms with Gasteiger partial charge in [-0.1, -0.05) is 20.8 Å². The van der Waals surface area contributed by atoms with E-state index in [0.29, 0.717) is 13.0 Å². The molecule has 0 rings (SSSR count). The van der Waals surface area contributed by atoms with Crippen LogP contribution in [-0.4, -0.2) is 35.7 Å². The van der Waals surface area contributed by atoms with Crippen molar-refractivity contribution in [2.24, 2.45) is 5.41 Å². The Morgan fingerprint density at radius 2 is 1.58 bits per heavy atom. The predicted octanol–water partition coefficient (Wildman–Crippen LogP) is 3.01. The van der Waals surface area contributed by atoms with Crippen LogP contribution >= 0.6 is 7.60 Å². The highest BCUT2D eigenvalue weighted by molar-refractivity contribution is 7.54. The monoisotopic (exact) mass is 294 g/mol. The third-order valence-electron chi connectivity index (χ3n) is 2.65. The summed E-state index contributed by atoms with van der Waals surface area (Å²) in [6.07, 6.45) is 0.347. The van der Waals surface area contributed by atoms with E-state index >= 15 is 0 Å². The Labute approximate surface area is 116 Å². The number of hydrogen-bond acceptors (Lipinski definition) is 4. The van der Waals surface area contributed by atoms with Gasteiger partial charge >= 0.3 is 7.60 Å². The SMILES string of the molecule is CC(C)(C)C(=O)CCOCCOP(=O)(O)C(C)(C)C. The average molecular weight is 294 g/mol. The summed E-state index contributed by atoms with van der Waals surface area (Å²) in [4.78, 5) is 21.2. The fraction of sp³-hybridized carbons (Fsp3) is 0.923. The zero-order valence-corrected chi connectivity index (χ0v) is 13.8. The quantitative estimate of drug-likeness (QED) is 0.577. The van der Waals surface area contributed by atoms with Gasteiger partial charge in [0.05, 0.1) is 25.0 Å². The molecular weight excluding hydrogens is 267 g/mol. The maximum atomic E-state index is 11.7. The molecule has 0 bridgehead atoms. The largest absolute Gasteiger partial charge is 0.379 e. The first-order valence-corrected chi connectivity index (χ1v) is 8.04. The lowest BCUT2D eigenvalue weighted by molar-refractivity contribution is -0.127. The van der Waals surface area contributed by atoms with Crippen LogP contribution in [0.1, 0.15) is 48.0 Å². The second kappa shape index (κ2) is 6.98. The van der Waals surface area contributed by atoms with Crippen LogP contribution in [0.4, 0.5) is 0 Å². The van der Waals surface area contributed by atoms with E-state index in [-0.39, 0.29) is 24.4 Å². The molecule has 114 valence electrons. The molecule has 0 amide bonds. The molecule has 0 aromatic heterocycles. The molecule has 5 nitrogen and oxygen atoms in total. The summed E-state index contributed by atoms with van der Waals surface area (Å²) in [6.45, 7) is 11.1. The minimum absolute atomic E-state index is 0.0504. The van der Waals surface area contributed by atoms with E-state index < -0.39 is 12.8 Å². The first-order chi connectivity index (χ1) is 8.38. The van der Waals surface area contributed by atoms with Crippen LogP contribution in [0.2, 0.25) is 0 Å². The molecule has 1 atom stereocenters. The zero-order valence-electron chi connectivity index (χ0n) is 12.9. The minimum atomic E-state index is -3.62. The number of carbonyl (C=O) groups excluding carboxylic acids is 1. The molecule has 1 unspecified atom stereocenters. The van der Waals surface area contributed by atoms with E-state index in [4.69, 9.17) is 9.26 Å². The summed E-state index contributed by atoms with van der Waals surface area (Å²) in [5, 5.41) is -0.796. The van der Waals surface area contributed by atoms with Crippen molar-refractivity contribution in [1.29, 1.82) is 0 Å². The second-order valence-electron chi connectivity index (χ2n) is 6.56. The number of carbonyl (C=O) groups is 1. The summed E-state index contributed by atoms with van der Waals surface area (Å²) >= 11 is 0. The van der Waals surface area contributed by atoms with Gasteiger partial charge in [0.2, 0.25) is 0 Å². The van der Waals surface area contributed by atoms with Gasteiger partial charge < -0.3 is 14.2 Å². The molecule has 0 aliphatic rings. The average Bonchev–Trinajstić information content (AvgIpc) is 2.19. The fourth-order valence-electron chi connectivity index (χ4n) is 1.06. The Hall–Kier alpha value is -0.220. The highest BCUT2D eigenvalue weighted by Crippen LogP contribution is 2.54. The molecule has 0 fully saturated rings. The molecule has 0 saturated carbocycles. The van der Waals surface area contributed by atoms with Gasteiger partial charge in [0.1, 0.15) is 5.78 Å². The van der Waals surface area contributed by atoms with Crippen LogP contribution in [-0.2, 0) is 18.6 Å². The van der Waals surface area contributed by atoms with Gasteiger partial charge in [-0.15, -0.1) is 0 Å². The summed E-state index contributed by atoms with van der Waals surface area (Å²) in [5.74, 6) is 0.135. The Morgan fingerprint density at radius 3 is 2.00 bits per heavy atom. The maximum Gasteiger partial charge on any atom is 0.333 e. The van der Waals surface area contributed by atoms with Crippen molar-refractivity contribution in [3.8, 4) is 0 Å². The minimum Gasteiger partial charge on any atom is -0.379 e. The number of hydrogen-bond donors (Lipinski definition) is 1. The van der Waals surface area contributed by atoms with E-state index in [1.54, 1.807) is 20.8 Å². The van der Waals surface area contributed by atoms with E-state index in [0.717, 1.165) is 0 Å². The molecule has 0 spiro atoms. The number of ether oxygens (including phenoxy) is 1. The van der Waals surface area contributed by atoms with Crippen LogP contribution in [0.25, 0.3) is 0 Å². The third kappa shape index (κ3) is 7.21. The highest BCUT2D eigenvalue weighted by atomic mass is 31.2. The van der Waals surface area contributed by atoms with Crippen LogP contribution in [0, 0.1) is 5.41 Å². The summed E-state index contributed by atoms with van der Waals surface area (Å²) in [5.41, 5.74) is -0.354. The van der Waals surface area contributed by atoms with Crippen LogP contribution in [0.5, 0.6) is 0 Å². The second-order valence-corrected chi connectivity index (χ2v) is 9.20. The molecule has 0 aromatic rings. The number of ketones is 1. The Balaban J connectivity index is 3.79. The topological polar surface area (TPSA) is 72.8 Å². The highest BCUT2D eigenvalue weighted by Gasteiger charge is 2.35. The van der Waals surface area contributed by atoms with Crippen molar-refractivity contribution in [1.82, 2.24) is 0 Å². The van der Waals surface area contributed by atoms with Crippen LogP contribution in [0.15, 0.2) is 0 Å². The van der Waals surface area contributed by atoms with Crippen molar-refractivity contribution in [2.75, 3.05) is 19.8 Å². The van der Waals surface area contributed by atoms with Crippen molar-refractivity contribution >= 4 is 13.4 Å². The van der Waals surface area contributed by atoms with Crippen LogP contribution in [0.3, 0.4) is 0 Å². The van der Waals surface area contributed by atoms with Gasteiger partial charge in [0.25, 0.3) is 0 Å². The lowest BCUT2D eigenvalue weighted by Gasteiger charge is -2.24. The summed E-state index contributed by atoms with van der Waals surface area (Å²) in [6, 6.07) is 0. The first kappa shape index (κ1) is 18.8.